The molecule has 0 bridgehead atoms. The van der Waals surface area contributed by atoms with Crippen LogP contribution in [-0.2, 0) is 16.1 Å². The summed E-state index contributed by atoms with van der Waals surface area (Å²) in [6.07, 6.45) is -6.20. The molecule has 0 saturated heterocycles. The Hall–Kier alpha value is -3.55. The number of aliphatic carboxylic acids is 1. The number of rotatable bonds is 5. The predicted molar refractivity (Wildman–Crippen MR) is 124 cm³/mol. The maximum atomic E-state index is 13.5. The third-order valence-electron chi connectivity index (χ3n) is 5.65. The first-order valence-electron chi connectivity index (χ1n) is 10.7. The minimum Gasteiger partial charge on any atom is -0.480 e. The van der Waals surface area contributed by atoms with Crippen LogP contribution in [0, 0.1) is 5.92 Å². The smallest absolute Gasteiger partial charge is 0.416 e. The number of aliphatic imine (C=N–C) groups is 1. The molecule has 37 heavy (non-hydrogen) atoms. The molecule has 1 atom stereocenters. The molecule has 1 unspecified atom stereocenters. The van der Waals surface area contributed by atoms with E-state index in [9.17, 15) is 35.9 Å². The van der Waals surface area contributed by atoms with Gasteiger partial charge in [0.05, 0.1) is 34.7 Å². The highest BCUT2D eigenvalue weighted by atomic mass is 32.2. The number of aromatic nitrogens is 2. The van der Waals surface area contributed by atoms with Gasteiger partial charge in [0.2, 0.25) is 0 Å². The molecule has 2 heterocycles. The molecule has 2 aliphatic rings. The van der Waals surface area contributed by atoms with Gasteiger partial charge >= 0.3 is 18.3 Å². The average Bonchev–Trinajstić information content (AvgIpc) is 3.35. The molecular formula is C23H18F6N4O3S. The largest absolute Gasteiger partial charge is 0.480 e. The number of amides is 1. The standard InChI is InChI=1S/C23H18F6N4O3S/c1-32(11-19(34)35)21-31-20(36)18(37-21)7-12-2-5-17-14(6-12)9-30-33(17)10-13-3-4-15(22(24,25)26)8-16(13)23(27,28)29/h2-3,5-9,15H,4,10-11H2,1H3,(H,34,35)/b18-7-. The highest BCUT2D eigenvalue weighted by Gasteiger charge is 2.44. The first-order valence-corrected chi connectivity index (χ1v) is 11.5. The van der Waals surface area contributed by atoms with Crippen molar-refractivity contribution in [1.82, 2.24) is 14.7 Å². The normalized spacial score (nSPS) is 19.8. The van der Waals surface area contributed by atoms with E-state index >= 15 is 0 Å². The Morgan fingerprint density at radius 2 is 2.00 bits per heavy atom. The molecule has 1 aromatic carbocycles. The van der Waals surface area contributed by atoms with E-state index in [1.165, 1.54) is 22.8 Å². The van der Waals surface area contributed by atoms with Gasteiger partial charge in [0, 0.05) is 12.4 Å². The van der Waals surface area contributed by atoms with Crippen molar-refractivity contribution in [2.75, 3.05) is 13.6 Å². The summed E-state index contributed by atoms with van der Waals surface area (Å²) in [5, 5.41) is 13.8. The maximum absolute atomic E-state index is 13.5. The van der Waals surface area contributed by atoms with Crippen LogP contribution in [0.2, 0.25) is 0 Å². The van der Waals surface area contributed by atoms with Crippen LogP contribution < -0.4 is 0 Å². The lowest BCUT2D eigenvalue weighted by atomic mass is 9.89. The maximum Gasteiger partial charge on any atom is 0.416 e. The number of hydrogen-bond donors (Lipinski definition) is 1. The minimum atomic E-state index is -4.96. The second kappa shape index (κ2) is 9.72. The molecule has 1 amide bonds. The van der Waals surface area contributed by atoms with Crippen molar-refractivity contribution in [3.63, 3.8) is 0 Å². The van der Waals surface area contributed by atoms with Gasteiger partial charge in [-0.25, -0.2) is 0 Å². The molecule has 196 valence electrons. The van der Waals surface area contributed by atoms with Gasteiger partial charge in [-0.2, -0.15) is 36.4 Å². The first kappa shape index (κ1) is 26.5. The van der Waals surface area contributed by atoms with Crippen LogP contribution in [0.25, 0.3) is 17.0 Å². The van der Waals surface area contributed by atoms with E-state index in [0.717, 1.165) is 17.8 Å². The zero-order valence-electron chi connectivity index (χ0n) is 19.0. The zero-order valence-corrected chi connectivity index (χ0v) is 19.8. The molecule has 0 spiro atoms. The first-order chi connectivity index (χ1) is 17.2. The fourth-order valence-electron chi connectivity index (χ4n) is 3.88. The Bertz CT molecular complexity index is 1390. The third-order valence-corrected chi connectivity index (χ3v) is 6.75. The highest BCUT2D eigenvalue weighted by molar-refractivity contribution is 8.18. The Kier molecular flexibility index (Phi) is 6.97. The summed E-state index contributed by atoms with van der Waals surface area (Å²) >= 11 is 1.00. The molecule has 0 fully saturated rings. The van der Waals surface area contributed by atoms with Crippen LogP contribution in [0.3, 0.4) is 0 Å². The van der Waals surface area contributed by atoms with Crippen LogP contribution >= 0.6 is 11.8 Å². The van der Waals surface area contributed by atoms with E-state index in [1.54, 1.807) is 24.3 Å². The summed E-state index contributed by atoms with van der Waals surface area (Å²) in [5.74, 6) is -3.83. The average molecular weight is 544 g/mol. The summed E-state index contributed by atoms with van der Waals surface area (Å²) < 4.78 is 80.9. The Balaban J connectivity index is 1.55. The Labute approximate surface area is 209 Å². The number of carbonyl (C=O) groups is 2. The second-order valence-electron chi connectivity index (χ2n) is 8.37. The molecule has 0 saturated carbocycles. The summed E-state index contributed by atoms with van der Waals surface area (Å²) in [5.41, 5.74) is -0.606. The quantitative estimate of drug-likeness (QED) is 0.420. The molecule has 2 aromatic rings. The highest BCUT2D eigenvalue weighted by Crippen LogP contribution is 2.42. The molecule has 14 heteroatoms. The van der Waals surface area contributed by atoms with Crippen molar-refractivity contribution in [2.45, 2.75) is 25.3 Å². The van der Waals surface area contributed by atoms with Gasteiger partial charge in [0.1, 0.15) is 6.54 Å². The Morgan fingerprint density at radius 3 is 2.65 bits per heavy atom. The molecule has 7 nitrogen and oxygen atoms in total. The van der Waals surface area contributed by atoms with Crippen LogP contribution in [0.15, 0.2) is 57.6 Å². The monoisotopic (exact) mass is 544 g/mol. The number of thioether (sulfide) groups is 1. The number of halogens is 6. The van der Waals surface area contributed by atoms with Crippen LogP contribution in [-0.4, -0.2) is 62.8 Å². The SMILES string of the molecule is CN(CC(=O)O)C1=NC(=O)/C(=C/c2ccc3c(cnn3CC3=CCC(C(F)(F)F)C=C3C(F)(F)F)c2)S1. The fourth-order valence-corrected chi connectivity index (χ4v) is 4.75. The number of allylic oxidation sites excluding steroid dienone is 4. The summed E-state index contributed by atoms with van der Waals surface area (Å²) in [6, 6.07) is 4.83. The number of hydrogen-bond acceptors (Lipinski definition) is 5. The van der Waals surface area contributed by atoms with E-state index < -0.39 is 42.1 Å². The van der Waals surface area contributed by atoms with Gasteiger partial charge < -0.3 is 10.0 Å². The number of alkyl halides is 6. The van der Waals surface area contributed by atoms with Crippen LogP contribution in [0.4, 0.5) is 26.3 Å². The number of likely N-dealkylation sites (N-methyl/N-ethyl adjacent to an activating group) is 1. The van der Waals surface area contributed by atoms with Crippen LogP contribution in [0.1, 0.15) is 12.0 Å². The molecular weight excluding hydrogens is 526 g/mol. The van der Waals surface area contributed by atoms with Crippen molar-refractivity contribution >= 4 is 45.8 Å². The molecule has 1 aromatic heterocycles. The molecule has 0 radical (unpaired) electrons. The van der Waals surface area contributed by atoms with Gasteiger partial charge in [-0.15, -0.1) is 0 Å². The number of fused-ring (bicyclic) bond motifs is 1. The number of nitrogens with zero attached hydrogens (tertiary/aromatic N) is 4. The molecule has 1 aliphatic heterocycles. The molecule has 4 rings (SSSR count). The number of benzene rings is 1. The predicted octanol–water partition coefficient (Wildman–Crippen LogP) is 5.02. The van der Waals surface area contributed by atoms with Crippen molar-refractivity contribution in [1.29, 1.82) is 0 Å². The van der Waals surface area contributed by atoms with Gasteiger partial charge in [-0.1, -0.05) is 18.2 Å². The van der Waals surface area contributed by atoms with E-state index in [4.69, 9.17) is 5.11 Å². The fraction of sp³-hybridized carbons (Fsp3) is 0.304. The van der Waals surface area contributed by atoms with Crippen molar-refractivity contribution in [2.24, 2.45) is 10.9 Å². The number of carboxylic acids is 1. The lowest BCUT2D eigenvalue weighted by molar-refractivity contribution is -0.162. The minimum absolute atomic E-state index is 0.228. The summed E-state index contributed by atoms with van der Waals surface area (Å²) in [6.45, 7) is -0.711. The second-order valence-corrected chi connectivity index (χ2v) is 9.38. The van der Waals surface area contributed by atoms with Gasteiger partial charge in [-0.05, 0) is 47.5 Å². The summed E-state index contributed by atoms with van der Waals surface area (Å²) in [7, 11) is 1.49. The van der Waals surface area contributed by atoms with E-state index in [-0.39, 0.29) is 34.8 Å². The van der Waals surface area contributed by atoms with Crippen molar-refractivity contribution in [3.05, 3.63) is 58.2 Å². The van der Waals surface area contributed by atoms with Crippen molar-refractivity contribution in [3.8, 4) is 0 Å². The molecule has 1 N–H and O–H groups in total. The lowest BCUT2D eigenvalue weighted by Crippen LogP contribution is -2.29. The van der Waals surface area contributed by atoms with Gasteiger partial charge in [0.25, 0.3) is 5.91 Å². The lowest BCUT2D eigenvalue weighted by Gasteiger charge is -2.25. The van der Waals surface area contributed by atoms with Gasteiger partial charge in [-0.3, -0.25) is 14.3 Å². The van der Waals surface area contributed by atoms with Gasteiger partial charge in [0.15, 0.2) is 5.17 Å². The third kappa shape index (κ3) is 5.89. The van der Waals surface area contributed by atoms with E-state index in [0.29, 0.717) is 16.5 Å². The number of carbonyl (C=O) groups excluding carboxylic acids is 1. The van der Waals surface area contributed by atoms with E-state index in [2.05, 4.69) is 10.1 Å². The topological polar surface area (TPSA) is 87.8 Å². The number of amidine groups is 1. The zero-order chi connectivity index (χ0) is 27.1. The summed E-state index contributed by atoms with van der Waals surface area (Å²) in [4.78, 5) is 28.5. The van der Waals surface area contributed by atoms with Crippen LogP contribution in [0.5, 0.6) is 0 Å². The molecule has 1 aliphatic carbocycles. The van der Waals surface area contributed by atoms with E-state index in [1.807, 2.05) is 0 Å². The van der Waals surface area contributed by atoms with Crippen molar-refractivity contribution < 1.29 is 41.0 Å². The Morgan fingerprint density at radius 1 is 1.27 bits per heavy atom. The number of carboxylic acid groups (broad SMARTS) is 1.